The van der Waals surface area contributed by atoms with Crippen LogP contribution in [0.5, 0.6) is 0 Å². The summed E-state index contributed by atoms with van der Waals surface area (Å²) in [5.41, 5.74) is 0. The average molecular weight is 240 g/mol. The summed E-state index contributed by atoms with van der Waals surface area (Å²) < 4.78 is 0. The number of hydrogen-bond donors (Lipinski definition) is 2. The van der Waals surface area contributed by atoms with Crippen LogP contribution in [0.3, 0.4) is 0 Å². The van der Waals surface area contributed by atoms with E-state index in [0.29, 0.717) is 12.6 Å². The largest absolute Gasteiger partial charge is 0.337 e. The fourth-order valence-electron chi connectivity index (χ4n) is 2.78. The zero-order valence-electron chi connectivity index (χ0n) is 10.9. The summed E-state index contributed by atoms with van der Waals surface area (Å²) in [4.78, 5) is 15.4. The molecule has 2 bridgehead atoms. The standard InChI is InChI=1S/C12H24N4O/c1-15(2)12(17)14-6-5-13-11-9-16-7-3-10(11)4-8-16/h10-11,13H,3-9H2,1-2H3,(H,14,17). The molecule has 3 aliphatic rings. The van der Waals surface area contributed by atoms with Gasteiger partial charge in [0.1, 0.15) is 0 Å². The Hall–Kier alpha value is -0.810. The molecule has 3 fully saturated rings. The molecule has 0 saturated carbocycles. The first-order valence-corrected chi connectivity index (χ1v) is 6.57. The van der Waals surface area contributed by atoms with Crippen LogP contribution in [0.25, 0.3) is 0 Å². The maximum absolute atomic E-state index is 11.3. The van der Waals surface area contributed by atoms with Gasteiger partial charge in [0.05, 0.1) is 0 Å². The van der Waals surface area contributed by atoms with E-state index in [2.05, 4.69) is 15.5 Å². The highest BCUT2D eigenvalue weighted by atomic mass is 16.2. The first kappa shape index (κ1) is 12.6. The minimum absolute atomic E-state index is 0.0132. The van der Waals surface area contributed by atoms with Crippen molar-refractivity contribution in [3.63, 3.8) is 0 Å². The fourth-order valence-corrected chi connectivity index (χ4v) is 2.78. The molecule has 0 aromatic carbocycles. The number of carbonyl (C=O) groups is 1. The van der Waals surface area contributed by atoms with Crippen LogP contribution in [0.15, 0.2) is 0 Å². The minimum Gasteiger partial charge on any atom is -0.337 e. The molecule has 3 saturated heterocycles. The molecule has 3 aliphatic heterocycles. The molecule has 2 amide bonds. The second kappa shape index (κ2) is 5.69. The van der Waals surface area contributed by atoms with Gasteiger partial charge in [0.15, 0.2) is 0 Å². The number of urea groups is 1. The quantitative estimate of drug-likeness (QED) is 0.677. The first-order valence-electron chi connectivity index (χ1n) is 6.57. The molecule has 5 nitrogen and oxygen atoms in total. The van der Waals surface area contributed by atoms with Crippen molar-refractivity contribution in [3.05, 3.63) is 0 Å². The Bertz CT molecular complexity index is 261. The van der Waals surface area contributed by atoms with E-state index in [4.69, 9.17) is 0 Å². The molecule has 0 aromatic rings. The van der Waals surface area contributed by atoms with Crippen LogP contribution in [0.1, 0.15) is 12.8 Å². The molecule has 1 unspecified atom stereocenters. The number of piperidine rings is 3. The lowest BCUT2D eigenvalue weighted by molar-refractivity contribution is 0.0731. The number of nitrogens with zero attached hydrogens (tertiary/aromatic N) is 2. The van der Waals surface area contributed by atoms with Crippen LogP contribution in [-0.4, -0.2) is 68.7 Å². The first-order chi connectivity index (χ1) is 8.16. The summed E-state index contributed by atoms with van der Waals surface area (Å²) in [6.07, 6.45) is 2.67. The van der Waals surface area contributed by atoms with Crippen LogP contribution in [0, 0.1) is 5.92 Å². The number of fused-ring (bicyclic) bond motifs is 3. The topological polar surface area (TPSA) is 47.6 Å². The molecule has 0 aromatic heterocycles. The van der Waals surface area contributed by atoms with Crippen LogP contribution in [0.2, 0.25) is 0 Å². The summed E-state index contributed by atoms with van der Waals surface area (Å²) in [6, 6.07) is 0.620. The van der Waals surface area contributed by atoms with Gasteiger partial charge in [0, 0.05) is 39.8 Å². The predicted octanol–water partition coefficient (Wildman–Crippen LogP) is -0.0586. The van der Waals surface area contributed by atoms with Gasteiger partial charge in [-0.05, 0) is 31.8 Å². The van der Waals surface area contributed by atoms with Gasteiger partial charge < -0.3 is 20.4 Å². The third kappa shape index (κ3) is 3.33. The van der Waals surface area contributed by atoms with Gasteiger partial charge in [0.2, 0.25) is 0 Å². The Morgan fingerprint density at radius 2 is 2.00 bits per heavy atom. The number of carbonyl (C=O) groups excluding carboxylic acids is 1. The second-order valence-electron chi connectivity index (χ2n) is 5.33. The van der Waals surface area contributed by atoms with Gasteiger partial charge in [-0.3, -0.25) is 0 Å². The molecule has 2 N–H and O–H groups in total. The van der Waals surface area contributed by atoms with Crippen LogP contribution >= 0.6 is 0 Å². The lowest BCUT2D eigenvalue weighted by atomic mass is 9.84. The summed E-state index contributed by atoms with van der Waals surface area (Å²) in [7, 11) is 3.52. The van der Waals surface area contributed by atoms with E-state index in [1.165, 1.54) is 32.5 Å². The number of rotatable bonds is 4. The molecular weight excluding hydrogens is 216 g/mol. The van der Waals surface area contributed by atoms with E-state index in [-0.39, 0.29) is 6.03 Å². The lowest BCUT2D eigenvalue weighted by Crippen LogP contribution is -2.56. The van der Waals surface area contributed by atoms with Crippen molar-refractivity contribution >= 4 is 6.03 Å². The van der Waals surface area contributed by atoms with E-state index >= 15 is 0 Å². The van der Waals surface area contributed by atoms with E-state index in [0.717, 1.165) is 12.5 Å². The third-order valence-corrected chi connectivity index (χ3v) is 3.87. The Balaban J connectivity index is 1.61. The molecule has 98 valence electrons. The Labute approximate surface area is 104 Å². The monoisotopic (exact) mass is 240 g/mol. The molecule has 17 heavy (non-hydrogen) atoms. The van der Waals surface area contributed by atoms with Gasteiger partial charge in [-0.25, -0.2) is 4.79 Å². The van der Waals surface area contributed by atoms with Crippen LogP contribution in [-0.2, 0) is 0 Å². The zero-order valence-corrected chi connectivity index (χ0v) is 10.9. The summed E-state index contributed by atoms with van der Waals surface area (Å²) in [5, 5.41) is 6.45. The van der Waals surface area contributed by atoms with Gasteiger partial charge in [-0.15, -0.1) is 0 Å². The number of amides is 2. The smallest absolute Gasteiger partial charge is 0.316 e. The van der Waals surface area contributed by atoms with E-state index in [1.807, 2.05) is 0 Å². The van der Waals surface area contributed by atoms with Crippen molar-refractivity contribution < 1.29 is 4.79 Å². The maximum Gasteiger partial charge on any atom is 0.316 e. The molecule has 3 heterocycles. The van der Waals surface area contributed by atoms with E-state index < -0.39 is 0 Å². The Morgan fingerprint density at radius 1 is 1.29 bits per heavy atom. The fraction of sp³-hybridized carbons (Fsp3) is 0.917. The molecule has 3 rings (SSSR count). The molecule has 0 radical (unpaired) electrons. The molecule has 5 heteroatoms. The van der Waals surface area contributed by atoms with Gasteiger partial charge in [-0.1, -0.05) is 0 Å². The second-order valence-corrected chi connectivity index (χ2v) is 5.33. The van der Waals surface area contributed by atoms with Crippen molar-refractivity contribution in [1.82, 2.24) is 20.4 Å². The minimum atomic E-state index is -0.0132. The molecular formula is C12H24N4O. The average Bonchev–Trinajstić information content (AvgIpc) is 2.35. The number of hydrogen-bond acceptors (Lipinski definition) is 3. The van der Waals surface area contributed by atoms with E-state index in [9.17, 15) is 4.79 Å². The van der Waals surface area contributed by atoms with Crippen LogP contribution < -0.4 is 10.6 Å². The lowest BCUT2D eigenvalue weighted by Gasteiger charge is -2.45. The van der Waals surface area contributed by atoms with E-state index in [1.54, 1.807) is 19.0 Å². The molecule has 0 aliphatic carbocycles. The summed E-state index contributed by atoms with van der Waals surface area (Å²) >= 11 is 0. The maximum atomic E-state index is 11.3. The van der Waals surface area contributed by atoms with Crippen molar-refractivity contribution in [2.45, 2.75) is 18.9 Å². The Kier molecular flexibility index (Phi) is 4.23. The van der Waals surface area contributed by atoms with Crippen LogP contribution in [0.4, 0.5) is 4.79 Å². The van der Waals surface area contributed by atoms with Crippen molar-refractivity contribution in [2.24, 2.45) is 5.92 Å². The van der Waals surface area contributed by atoms with Gasteiger partial charge in [-0.2, -0.15) is 0 Å². The Morgan fingerprint density at radius 3 is 2.53 bits per heavy atom. The summed E-state index contributed by atoms with van der Waals surface area (Å²) in [6.45, 7) is 5.32. The van der Waals surface area contributed by atoms with Crippen molar-refractivity contribution in [1.29, 1.82) is 0 Å². The normalized spacial score (nSPS) is 31.3. The van der Waals surface area contributed by atoms with Gasteiger partial charge in [0.25, 0.3) is 0 Å². The van der Waals surface area contributed by atoms with Gasteiger partial charge >= 0.3 is 6.03 Å². The summed E-state index contributed by atoms with van der Waals surface area (Å²) in [5.74, 6) is 0.851. The number of nitrogens with one attached hydrogen (secondary N) is 2. The van der Waals surface area contributed by atoms with Crippen molar-refractivity contribution in [2.75, 3.05) is 46.8 Å². The molecule has 0 spiro atoms. The van der Waals surface area contributed by atoms with Crippen molar-refractivity contribution in [3.8, 4) is 0 Å². The highest BCUT2D eigenvalue weighted by molar-refractivity contribution is 5.73. The SMILES string of the molecule is CN(C)C(=O)NCCNC1CN2CCC1CC2. The predicted molar refractivity (Wildman–Crippen MR) is 68.0 cm³/mol. The zero-order chi connectivity index (χ0) is 12.3. The highest BCUT2D eigenvalue weighted by Gasteiger charge is 2.33. The third-order valence-electron chi connectivity index (χ3n) is 3.87. The molecule has 1 atom stereocenters. The highest BCUT2D eigenvalue weighted by Crippen LogP contribution is 2.27.